The Bertz CT molecular complexity index is 2600. The maximum absolute atomic E-state index is 11.2. The minimum atomic E-state index is -0.103. The quantitative estimate of drug-likeness (QED) is 0.203. The minimum absolute atomic E-state index is 0.0205. The number of hydrogen-bond acceptors (Lipinski definition) is 4. The molecular formula is C46H42N4O. The molecule has 8 aromatic rings. The van der Waals surface area contributed by atoms with Crippen LogP contribution in [0.3, 0.4) is 0 Å². The number of phenolic OH excluding ortho intramolecular Hbond substituents is 1. The van der Waals surface area contributed by atoms with Crippen molar-refractivity contribution in [1.29, 1.82) is 0 Å². The van der Waals surface area contributed by atoms with Crippen LogP contribution in [0.25, 0.3) is 72.2 Å². The second-order valence-corrected chi connectivity index (χ2v) is 15.6. The minimum Gasteiger partial charge on any atom is -0.507 e. The Morgan fingerprint density at radius 3 is 1.96 bits per heavy atom. The summed E-state index contributed by atoms with van der Waals surface area (Å²) in [4.78, 5) is 15.3. The summed E-state index contributed by atoms with van der Waals surface area (Å²) in [6.07, 6.45) is 2.00. The number of benzene rings is 5. The topological polar surface area (TPSA) is 63.3 Å². The fourth-order valence-electron chi connectivity index (χ4n) is 7.07. The van der Waals surface area contributed by atoms with Gasteiger partial charge in [0, 0.05) is 22.9 Å². The van der Waals surface area contributed by atoms with Gasteiger partial charge >= 0.3 is 0 Å². The molecule has 0 amide bonds. The highest BCUT2D eigenvalue weighted by atomic mass is 16.3. The van der Waals surface area contributed by atoms with E-state index in [2.05, 4.69) is 137 Å². The summed E-state index contributed by atoms with van der Waals surface area (Å²) in [5, 5.41) is 11.8. The predicted molar refractivity (Wildman–Crippen MR) is 211 cm³/mol. The summed E-state index contributed by atoms with van der Waals surface area (Å²) in [6, 6.07) is 40.2. The third kappa shape index (κ3) is 5.73. The molecule has 3 heterocycles. The predicted octanol–water partition coefficient (Wildman–Crippen LogP) is 11.7. The Morgan fingerprint density at radius 1 is 0.569 bits per heavy atom. The molecule has 0 atom stereocenters. The van der Waals surface area contributed by atoms with E-state index < -0.39 is 0 Å². The lowest BCUT2D eigenvalue weighted by atomic mass is 9.83. The number of aryl methyl sites for hydroxylation is 1. The first kappa shape index (κ1) is 32.4. The molecule has 0 fully saturated rings. The number of nitrogens with zero attached hydrogens (tertiary/aromatic N) is 4. The second-order valence-electron chi connectivity index (χ2n) is 15.6. The number of aromatic nitrogens is 4. The number of fused-ring (bicyclic) bond motifs is 5. The molecule has 3 aromatic heterocycles. The third-order valence-electron chi connectivity index (χ3n) is 9.97. The van der Waals surface area contributed by atoms with Crippen molar-refractivity contribution in [3.8, 4) is 50.4 Å². The van der Waals surface area contributed by atoms with E-state index in [0.29, 0.717) is 16.6 Å². The molecule has 51 heavy (non-hydrogen) atoms. The Labute approximate surface area is 299 Å². The Balaban J connectivity index is 1.43. The van der Waals surface area contributed by atoms with Crippen LogP contribution in [0.2, 0.25) is 0 Å². The fourth-order valence-corrected chi connectivity index (χ4v) is 7.07. The van der Waals surface area contributed by atoms with E-state index in [1.807, 2.05) is 31.3 Å². The standard InChI is InChI=1S/C46H42N4O/c1-28-48-39-17-12-18-40(51)41(39)44-49-42-36(20-21-37(43(42)50(28)44)31-16-11-15-30(23-31)29-13-9-8-10-14-29)32-24-33(26-35(25-32)46(5,6)7)38-22-19-34(27-47-38)45(2,3)4/h8-27,51H,1-7H3. The molecule has 8 rings (SSSR count). The third-order valence-corrected chi connectivity index (χ3v) is 9.97. The van der Waals surface area contributed by atoms with Gasteiger partial charge in [0.25, 0.3) is 0 Å². The average Bonchev–Trinajstić information content (AvgIpc) is 3.52. The highest BCUT2D eigenvalue weighted by molar-refractivity contribution is 6.08. The first-order valence-electron chi connectivity index (χ1n) is 17.6. The molecule has 5 aromatic carbocycles. The molecule has 5 nitrogen and oxygen atoms in total. The summed E-state index contributed by atoms with van der Waals surface area (Å²) in [5.74, 6) is 0.965. The summed E-state index contributed by atoms with van der Waals surface area (Å²) in [7, 11) is 0. The molecular weight excluding hydrogens is 625 g/mol. The Hall–Kier alpha value is -5.81. The lowest BCUT2D eigenvalue weighted by molar-refractivity contribution is 0.481. The number of phenols is 1. The highest BCUT2D eigenvalue weighted by Crippen LogP contribution is 2.42. The summed E-state index contributed by atoms with van der Waals surface area (Å²) in [6.45, 7) is 15.4. The van der Waals surface area contributed by atoms with Crippen molar-refractivity contribution < 1.29 is 5.11 Å². The van der Waals surface area contributed by atoms with E-state index in [-0.39, 0.29) is 16.6 Å². The van der Waals surface area contributed by atoms with Gasteiger partial charge in [-0.05, 0) is 87.5 Å². The largest absolute Gasteiger partial charge is 0.507 e. The Kier molecular flexibility index (Phi) is 7.57. The maximum Gasteiger partial charge on any atom is 0.152 e. The zero-order valence-electron chi connectivity index (χ0n) is 30.3. The molecule has 5 heteroatoms. The van der Waals surface area contributed by atoms with Crippen LogP contribution in [0.4, 0.5) is 0 Å². The van der Waals surface area contributed by atoms with Crippen molar-refractivity contribution in [1.82, 2.24) is 19.4 Å². The van der Waals surface area contributed by atoms with Crippen molar-refractivity contribution in [2.75, 3.05) is 0 Å². The van der Waals surface area contributed by atoms with Crippen molar-refractivity contribution in [3.05, 3.63) is 138 Å². The SMILES string of the molecule is Cc1nc2cccc(O)c2c2nc3c(-c4cc(-c5ccc(C(C)(C)C)cn5)cc(C(C)(C)C)c4)ccc(-c4cccc(-c5ccccc5)c4)c3n12. The van der Waals surface area contributed by atoms with Gasteiger partial charge in [0.2, 0.25) is 0 Å². The van der Waals surface area contributed by atoms with Gasteiger partial charge in [0.15, 0.2) is 5.65 Å². The molecule has 0 saturated heterocycles. The maximum atomic E-state index is 11.2. The van der Waals surface area contributed by atoms with Gasteiger partial charge in [-0.3, -0.25) is 9.38 Å². The van der Waals surface area contributed by atoms with E-state index in [1.165, 1.54) is 11.1 Å². The van der Waals surface area contributed by atoms with Gasteiger partial charge in [-0.2, -0.15) is 0 Å². The van der Waals surface area contributed by atoms with Crippen LogP contribution in [0.1, 0.15) is 58.5 Å². The van der Waals surface area contributed by atoms with E-state index in [9.17, 15) is 5.11 Å². The Morgan fingerprint density at radius 2 is 1.24 bits per heavy atom. The van der Waals surface area contributed by atoms with Crippen LogP contribution in [-0.4, -0.2) is 24.5 Å². The van der Waals surface area contributed by atoms with E-state index in [1.54, 1.807) is 6.07 Å². The van der Waals surface area contributed by atoms with E-state index in [4.69, 9.17) is 15.0 Å². The molecule has 0 radical (unpaired) electrons. The molecule has 0 bridgehead atoms. The van der Waals surface area contributed by atoms with Crippen molar-refractivity contribution in [2.24, 2.45) is 0 Å². The monoisotopic (exact) mass is 666 g/mol. The number of imidazole rings is 1. The molecule has 0 aliphatic carbocycles. The second kappa shape index (κ2) is 11.9. The van der Waals surface area contributed by atoms with Crippen LogP contribution < -0.4 is 0 Å². The van der Waals surface area contributed by atoms with Gasteiger partial charge < -0.3 is 5.11 Å². The first-order chi connectivity index (χ1) is 24.4. The van der Waals surface area contributed by atoms with Gasteiger partial charge in [-0.1, -0.05) is 120 Å². The zero-order chi connectivity index (χ0) is 35.7. The highest BCUT2D eigenvalue weighted by Gasteiger charge is 2.23. The van der Waals surface area contributed by atoms with Crippen LogP contribution in [0.15, 0.2) is 121 Å². The lowest BCUT2D eigenvalue weighted by Crippen LogP contribution is -2.12. The van der Waals surface area contributed by atoms with Crippen LogP contribution in [-0.2, 0) is 10.8 Å². The molecule has 0 aliphatic heterocycles. The van der Waals surface area contributed by atoms with Crippen LogP contribution >= 0.6 is 0 Å². The molecule has 0 aliphatic rings. The number of pyridine rings is 1. The van der Waals surface area contributed by atoms with Crippen molar-refractivity contribution in [2.45, 2.75) is 59.3 Å². The molecule has 0 unspecified atom stereocenters. The van der Waals surface area contributed by atoms with E-state index >= 15 is 0 Å². The lowest BCUT2D eigenvalue weighted by Gasteiger charge is -2.22. The molecule has 252 valence electrons. The van der Waals surface area contributed by atoms with Gasteiger partial charge in [-0.15, -0.1) is 0 Å². The van der Waals surface area contributed by atoms with Gasteiger partial charge in [0.05, 0.1) is 27.6 Å². The van der Waals surface area contributed by atoms with Crippen molar-refractivity contribution in [3.63, 3.8) is 0 Å². The van der Waals surface area contributed by atoms with Crippen molar-refractivity contribution >= 4 is 27.6 Å². The molecule has 0 saturated carbocycles. The number of aromatic hydroxyl groups is 1. The average molecular weight is 667 g/mol. The van der Waals surface area contributed by atoms with Crippen LogP contribution in [0, 0.1) is 6.92 Å². The van der Waals surface area contributed by atoms with Gasteiger partial charge in [-0.25, -0.2) is 9.97 Å². The summed E-state index contributed by atoms with van der Waals surface area (Å²) in [5.41, 5.74) is 14.1. The normalized spacial score (nSPS) is 12.3. The fraction of sp³-hybridized carbons (Fsp3) is 0.196. The first-order valence-corrected chi connectivity index (χ1v) is 17.6. The van der Waals surface area contributed by atoms with Gasteiger partial charge in [0.1, 0.15) is 11.6 Å². The van der Waals surface area contributed by atoms with E-state index in [0.717, 1.165) is 61.5 Å². The van der Waals surface area contributed by atoms with Crippen LogP contribution in [0.5, 0.6) is 5.75 Å². The summed E-state index contributed by atoms with van der Waals surface area (Å²) < 4.78 is 2.12. The molecule has 0 spiro atoms. The smallest absolute Gasteiger partial charge is 0.152 e. The number of hydrogen-bond donors (Lipinski definition) is 1. The zero-order valence-corrected chi connectivity index (χ0v) is 30.3. The summed E-state index contributed by atoms with van der Waals surface area (Å²) >= 11 is 0. The molecule has 1 N–H and O–H groups in total. The number of rotatable bonds is 4.